The van der Waals surface area contributed by atoms with E-state index in [1.807, 2.05) is 22.9 Å². The number of methoxy groups -OCH3 is 3. The van der Waals surface area contributed by atoms with Gasteiger partial charge in [-0.15, -0.1) is 11.3 Å². The van der Waals surface area contributed by atoms with Gasteiger partial charge in [0.05, 0.1) is 51.4 Å². The van der Waals surface area contributed by atoms with Gasteiger partial charge in [-0.2, -0.15) is 9.97 Å². The molecule has 0 spiro atoms. The molecule has 178 valence electrons. The molecule has 0 aliphatic carbocycles. The molecular weight excluding hydrogens is 458 g/mol. The Balaban J connectivity index is 1.47. The molecule has 0 bridgehead atoms. The van der Waals surface area contributed by atoms with Gasteiger partial charge in [0.1, 0.15) is 17.7 Å². The first-order valence-corrected chi connectivity index (χ1v) is 11.6. The topological polar surface area (TPSA) is 120 Å². The Morgan fingerprint density at radius 1 is 1.12 bits per heavy atom. The number of nitrogens with one attached hydrogen (secondary N) is 1. The van der Waals surface area contributed by atoms with Crippen molar-refractivity contribution in [3.8, 4) is 22.9 Å². The van der Waals surface area contributed by atoms with E-state index in [0.717, 1.165) is 29.9 Å². The normalized spacial score (nSPS) is 15.6. The van der Waals surface area contributed by atoms with E-state index >= 15 is 0 Å². The minimum Gasteiger partial charge on any atom is -0.493 e. The van der Waals surface area contributed by atoms with Crippen molar-refractivity contribution in [1.29, 1.82) is 0 Å². The molecule has 4 aromatic rings. The van der Waals surface area contributed by atoms with Crippen molar-refractivity contribution < 1.29 is 19.3 Å². The van der Waals surface area contributed by atoms with Gasteiger partial charge in [0.25, 0.3) is 0 Å². The fraction of sp³-hybridized carbons (Fsp3) is 0.364. The molecular formula is C22H25N7O4S. The van der Waals surface area contributed by atoms with E-state index in [-0.39, 0.29) is 12.6 Å². The van der Waals surface area contributed by atoms with Gasteiger partial charge in [0.2, 0.25) is 11.7 Å². The molecule has 0 radical (unpaired) electrons. The number of thiazole rings is 1. The summed E-state index contributed by atoms with van der Waals surface area (Å²) in [7, 11) is 4.73. The number of hydrogen-bond acceptors (Lipinski definition) is 11. The molecule has 2 N–H and O–H groups in total. The molecule has 0 saturated carbocycles. The van der Waals surface area contributed by atoms with Crippen molar-refractivity contribution in [2.75, 3.05) is 44.7 Å². The maximum atomic E-state index is 9.73. The Hall–Kier alpha value is -3.64. The third-order valence-corrected chi connectivity index (χ3v) is 6.53. The Morgan fingerprint density at radius 2 is 1.91 bits per heavy atom. The van der Waals surface area contributed by atoms with Crippen LogP contribution in [0.5, 0.6) is 17.2 Å². The minimum absolute atomic E-state index is 0.0254. The van der Waals surface area contributed by atoms with Crippen LogP contribution in [0.3, 0.4) is 0 Å². The zero-order valence-corrected chi connectivity index (χ0v) is 19.9. The predicted molar refractivity (Wildman–Crippen MR) is 129 cm³/mol. The van der Waals surface area contributed by atoms with E-state index in [1.54, 1.807) is 33.2 Å². The van der Waals surface area contributed by atoms with Crippen LogP contribution in [0.15, 0.2) is 30.2 Å². The quantitative estimate of drug-likeness (QED) is 0.387. The van der Waals surface area contributed by atoms with Crippen LogP contribution in [-0.2, 0) is 0 Å². The Kier molecular flexibility index (Phi) is 6.07. The third-order valence-electron chi connectivity index (χ3n) is 5.81. The van der Waals surface area contributed by atoms with Crippen molar-refractivity contribution in [1.82, 2.24) is 24.5 Å². The van der Waals surface area contributed by atoms with Gasteiger partial charge in [0.15, 0.2) is 22.1 Å². The number of aliphatic hydroxyl groups excluding tert-OH is 1. The summed E-state index contributed by atoms with van der Waals surface area (Å²) in [6.45, 7) is 0.886. The van der Waals surface area contributed by atoms with Gasteiger partial charge in [-0.05, 0) is 12.8 Å². The van der Waals surface area contributed by atoms with Crippen molar-refractivity contribution in [2.24, 2.45) is 0 Å². The van der Waals surface area contributed by atoms with E-state index in [1.165, 1.54) is 11.3 Å². The van der Waals surface area contributed by atoms with E-state index in [4.69, 9.17) is 19.2 Å². The van der Waals surface area contributed by atoms with Crippen molar-refractivity contribution in [2.45, 2.75) is 18.9 Å². The lowest BCUT2D eigenvalue weighted by Crippen LogP contribution is -2.33. The molecule has 1 aliphatic heterocycles. The zero-order valence-electron chi connectivity index (χ0n) is 19.1. The van der Waals surface area contributed by atoms with Gasteiger partial charge in [0, 0.05) is 18.7 Å². The fourth-order valence-corrected chi connectivity index (χ4v) is 4.77. The number of ether oxygens (including phenoxy) is 3. The summed E-state index contributed by atoms with van der Waals surface area (Å²) >= 11 is 1.45. The molecule has 3 aromatic heterocycles. The average Bonchev–Trinajstić information content (AvgIpc) is 3.63. The number of rotatable bonds is 8. The summed E-state index contributed by atoms with van der Waals surface area (Å²) < 4.78 is 18.2. The number of nitrogens with zero attached hydrogens (tertiary/aromatic N) is 6. The molecule has 5 rings (SSSR count). The summed E-state index contributed by atoms with van der Waals surface area (Å²) in [5.74, 6) is 3.37. The summed E-state index contributed by atoms with van der Waals surface area (Å²) in [5, 5.41) is 13.0. The maximum Gasteiger partial charge on any atom is 0.229 e. The standard InChI is InChI=1S/C22H25N7O4S/c1-31-15-7-14(8-16(32-2)19(15)33-3)28-9-17(23-11-28)25-20-18-21(34-12-24-18)27-22(26-20)29-6-4-5-13(29)10-30/h7-9,11-13,30H,4-6,10H2,1-3H3,(H,25,26,27)/t13-/m0/s1. The molecule has 1 fully saturated rings. The van der Waals surface area contributed by atoms with E-state index in [2.05, 4.69) is 25.2 Å². The van der Waals surface area contributed by atoms with Crippen LogP contribution in [0.4, 0.5) is 17.6 Å². The lowest BCUT2D eigenvalue weighted by molar-refractivity contribution is 0.265. The third kappa shape index (κ3) is 3.94. The molecule has 1 aliphatic rings. The lowest BCUT2D eigenvalue weighted by Gasteiger charge is -2.23. The number of aromatic nitrogens is 5. The van der Waals surface area contributed by atoms with Crippen LogP contribution >= 0.6 is 11.3 Å². The van der Waals surface area contributed by atoms with E-state index in [0.29, 0.717) is 40.3 Å². The van der Waals surface area contributed by atoms with Crippen molar-refractivity contribution >= 4 is 39.3 Å². The molecule has 0 unspecified atom stereocenters. The molecule has 12 heteroatoms. The Bertz CT molecular complexity index is 1280. The first-order chi connectivity index (χ1) is 16.6. The number of aliphatic hydroxyl groups is 1. The lowest BCUT2D eigenvalue weighted by atomic mass is 10.2. The summed E-state index contributed by atoms with van der Waals surface area (Å²) in [6.07, 6.45) is 5.44. The first kappa shape index (κ1) is 22.2. The largest absolute Gasteiger partial charge is 0.493 e. The highest BCUT2D eigenvalue weighted by molar-refractivity contribution is 7.16. The fourth-order valence-electron chi connectivity index (χ4n) is 4.12. The van der Waals surface area contributed by atoms with Crippen LogP contribution in [-0.4, -0.2) is 70.1 Å². The second-order valence-electron chi connectivity index (χ2n) is 7.73. The van der Waals surface area contributed by atoms with Crippen LogP contribution in [0, 0.1) is 0 Å². The number of benzene rings is 1. The SMILES string of the molecule is COc1cc(-n2cnc(Nc3nc(N4CCC[C@H]4CO)nc4scnc34)c2)cc(OC)c1OC. The number of fused-ring (bicyclic) bond motifs is 1. The van der Waals surface area contributed by atoms with Gasteiger partial charge < -0.3 is 34.1 Å². The molecule has 11 nitrogen and oxygen atoms in total. The second-order valence-corrected chi connectivity index (χ2v) is 8.56. The summed E-state index contributed by atoms with van der Waals surface area (Å²) in [4.78, 5) is 21.2. The predicted octanol–water partition coefficient (Wildman–Crippen LogP) is 3.00. The monoisotopic (exact) mass is 483 g/mol. The summed E-state index contributed by atoms with van der Waals surface area (Å²) in [5.41, 5.74) is 3.21. The highest BCUT2D eigenvalue weighted by Crippen LogP contribution is 2.39. The Labute approximate surface area is 200 Å². The minimum atomic E-state index is 0.0254. The number of anilines is 3. The van der Waals surface area contributed by atoms with Crippen LogP contribution in [0.1, 0.15) is 12.8 Å². The zero-order chi connectivity index (χ0) is 23.7. The highest BCUT2D eigenvalue weighted by atomic mass is 32.1. The smallest absolute Gasteiger partial charge is 0.229 e. The van der Waals surface area contributed by atoms with Crippen LogP contribution in [0.25, 0.3) is 16.0 Å². The molecule has 0 amide bonds. The number of hydrogen-bond donors (Lipinski definition) is 2. The van der Waals surface area contributed by atoms with Crippen molar-refractivity contribution in [3.63, 3.8) is 0 Å². The van der Waals surface area contributed by atoms with Crippen LogP contribution in [0.2, 0.25) is 0 Å². The van der Waals surface area contributed by atoms with E-state index in [9.17, 15) is 5.11 Å². The van der Waals surface area contributed by atoms with Gasteiger partial charge >= 0.3 is 0 Å². The Morgan fingerprint density at radius 3 is 2.62 bits per heavy atom. The number of imidazole rings is 1. The van der Waals surface area contributed by atoms with Gasteiger partial charge in [-0.1, -0.05) is 0 Å². The van der Waals surface area contributed by atoms with Gasteiger partial charge in [-0.25, -0.2) is 9.97 Å². The molecule has 34 heavy (non-hydrogen) atoms. The average molecular weight is 484 g/mol. The van der Waals surface area contributed by atoms with Gasteiger partial charge in [-0.3, -0.25) is 0 Å². The molecule has 1 aromatic carbocycles. The first-order valence-electron chi connectivity index (χ1n) is 10.7. The van der Waals surface area contributed by atoms with Crippen molar-refractivity contribution in [3.05, 3.63) is 30.2 Å². The second kappa shape index (κ2) is 9.31. The van der Waals surface area contributed by atoms with Crippen LogP contribution < -0.4 is 24.4 Å². The molecule has 1 atom stereocenters. The maximum absolute atomic E-state index is 9.73. The summed E-state index contributed by atoms with van der Waals surface area (Å²) in [6, 6.07) is 3.71. The highest BCUT2D eigenvalue weighted by Gasteiger charge is 2.27. The molecule has 4 heterocycles. The van der Waals surface area contributed by atoms with E-state index < -0.39 is 0 Å². The molecule has 1 saturated heterocycles.